The Morgan fingerprint density at radius 3 is 3.54 bits per heavy atom. The first-order valence-electron chi connectivity index (χ1n) is 4.74. The quantitative estimate of drug-likeness (QED) is 0.408. The van der Waals surface area contributed by atoms with E-state index < -0.39 is 26.1 Å². The van der Waals surface area contributed by atoms with Crippen molar-refractivity contribution in [2.75, 3.05) is 0 Å². The fourth-order valence-electron chi connectivity index (χ4n) is 1.16. The van der Waals surface area contributed by atoms with Crippen LogP contribution in [0.1, 0.15) is 13.3 Å². The monoisotopic (exact) mass is 224 g/mol. The zero-order valence-corrected chi connectivity index (χ0v) is 8.75. The Labute approximate surface area is 86.5 Å². The fraction of sp³-hybridized carbons (Fsp3) is 0.833. The number of hydrogen-bond donors (Lipinski definition) is 1. The molecule has 1 fully saturated rings. The van der Waals surface area contributed by atoms with Crippen molar-refractivity contribution in [3.8, 4) is 0 Å². The molecule has 1 aliphatic rings. The number of Topliss-reactive ketones (excluding diaryl/α,β-unsaturated/α-hetero) is 1. The summed E-state index contributed by atoms with van der Waals surface area (Å²) < 4.78 is 24.3. The Morgan fingerprint density at radius 1 is 2.15 bits per heavy atom. The Bertz CT molecular complexity index is 237. The third kappa shape index (κ3) is 3.22. The van der Waals surface area contributed by atoms with Crippen molar-refractivity contribution in [1.82, 2.24) is 0 Å². The van der Waals surface area contributed by atoms with Crippen molar-refractivity contribution in [3.63, 3.8) is 0 Å². The van der Waals surface area contributed by atoms with E-state index in [4.69, 9.17) is 11.5 Å². The predicted octanol–water partition coefficient (Wildman–Crippen LogP) is 0.125. The standard InChI is InChI=1S/C6H11BO4PS/c1-3(8)6-4(11-13-12-7)2-5(9)10-6/h4-7,9,12H,2H2,1H3/t4-,5?,6+,12?/m0/s1/i7T,12D. The van der Waals surface area contributed by atoms with Crippen LogP contribution in [0.5, 0.6) is 0 Å². The Balaban J connectivity index is 2.42. The second-order valence-electron chi connectivity index (χ2n) is 2.67. The topological polar surface area (TPSA) is 55.8 Å². The third-order valence-corrected chi connectivity index (χ3v) is 2.62. The number of carbonyl (C=O) groups excluding carboxylic acids is 1. The van der Waals surface area contributed by atoms with Gasteiger partial charge < -0.3 is 14.0 Å². The lowest BCUT2D eigenvalue weighted by Crippen LogP contribution is -2.29. The van der Waals surface area contributed by atoms with Crippen LogP contribution in [-0.4, -0.2) is 39.5 Å². The van der Waals surface area contributed by atoms with Crippen LogP contribution in [0.15, 0.2) is 0 Å². The average molecular weight is 224 g/mol. The molecular weight excluding hydrogens is 210 g/mol. The van der Waals surface area contributed by atoms with E-state index >= 15 is 0 Å². The van der Waals surface area contributed by atoms with E-state index in [1.165, 1.54) is 6.92 Å². The first-order valence-corrected chi connectivity index (χ1v) is 6.03. The van der Waals surface area contributed by atoms with E-state index in [2.05, 4.69) is 0 Å². The van der Waals surface area contributed by atoms with Crippen molar-refractivity contribution in [2.24, 2.45) is 0 Å². The smallest absolute Gasteiger partial charge is 0.161 e. The van der Waals surface area contributed by atoms with Crippen LogP contribution < -0.4 is 0 Å². The first kappa shape index (κ1) is 8.68. The summed E-state index contributed by atoms with van der Waals surface area (Å²) >= 11 is 0.842. The highest BCUT2D eigenvalue weighted by atomic mass is 32.7. The van der Waals surface area contributed by atoms with Gasteiger partial charge in [-0.2, -0.15) is 0 Å². The molecule has 1 aliphatic heterocycles. The maximum Gasteiger partial charge on any atom is 0.161 e. The molecule has 0 aromatic carbocycles. The fourth-order valence-corrected chi connectivity index (χ4v) is 1.98. The molecule has 0 aliphatic carbocycles. The molecule has 0 saturated carbocycles. The zero-order valence-electron chi connectivity index (χ0n) is 9.04. The summed E-state index contributed by atoms with van der Waals surface area (Å²) in [5.41, 5.74) is 0. The second kappa shape index (κ2) is 5.32. The van der Waals surface area contributed by atoms with Crippen LogP contribution in [0, 0.1) is 0 Å². The SMILES string of the molecule is [2H]P([B][3H])SO[C@H]1CC(O)O[C@@H]1C(C)=O. The highest BCUT2D eigenvalue weighted by Gasteiger charge is 2.38. The number of hydrogen-bond acceptors (Lipinski definition) is 5. The van der Waals surface area contributed by atoms with Gasteiger partial charge in [-0.3, -0.25) is 4.79 Å². The molecule has 4 nitrogen and oxygen atoms in total. The van der Waals surface area contributed by atoms with Crippen LogP contribution in [0.3, 0.4) is 0 Å². The number of ether oxygens (including phenoxy) is 1. The van der Waals surface area contributed by atoms with Gasteiger partial charge in [0.15, 0.2) is 12.1 Å². The maximum atomic E-state index is 11.1. The van der Waals surface area contributed by atoms with Crippen LogP contribution in [0.2, 0.25) is 0 Å². The average Bonchev–Trinajstić information content (AvgIpc) is 2.56. The van der Waals surface area contributed by atoms with Gasteiger partial charge in [0, 0.05) is 18.1 Å². The van der Waals surface area contributed by atoms with E-state index in [0.29, 0.717) is 0 Å². The number of carbonyl (C=O) groups is 1. The molecule has 0 spiro atoms. The summed E-state index contributed by atoms with van der Waals surface area (Å²) in [5.74, 6) is -0.207. The van der Waals surface area contributed by atoms with Crippen LogP contribution in [-0.2, 0) is 13.7 Å². The van der Waals surface area contributed by atoms with E-state index in [-0.39, 0.29) is 12.2 Å². The van der Waals surface area contributed by atoms with Gasteiger partial charge in [-0.15, -0.1) is 0 Å². The van der Waals surface area contributed by atoms with E-state index in [9.17, 15) is 9.90 Å². The van der Waals surface area contributed by atoms with Crippen LogP contribution >= 0.6 is 19.3 Å². The van der Waals surface area contributed by atoms with Crippen LogP contribution in [0.4, 0.5) is 0 Å². The summed E-state index contributed by atoms with van der Waals surface area (Å²) in [7, 11) is -0.428. The summed E-state index contributed by atoms with van der Waals surface area (Å²) in [5, 5.41) is 9.19. The summed E-state index contributed by atoms with van der Waals surface area (Å²) in [4.78, 5) is 11.1. The molecule has 0 bridgehead atoms. The van der Waals surface area contributed by atoms with Crippen molar-refractivity contribution in [3.05, 3.63) is 0 Å². The van der Waals surface area contributed by atoms with E-state index in [1.807, 2.05) is 0 Å². The largest absolute Gasteiger partial charge is 0.368 e. The van der Waals surface area contributed by atoms with Gasteiger partial charge in [0.2, 0.25) is 0 Å². The van der Waals surface area contributed by atoms with Gasteiger partial charge in [0.1, 0.15) is 19.7 Å². The molecule has 0 aromatic heterocycles. The van der Waals surface area contributed by atoms with Gasteiger partial charge in [-0.25, -0.2) is 0 Å². The molecule has 4 atom stereocenters. The number of rotatable bonds is 5. The van der Waals surface area contributed by atoms with Crippen molar-refractivity contribution in [1.29, 1.82) is 2.61 Å². The van der Waals surface area contributed by atoms with E-state index in [0.717, 1.165) is 19.2 Å². The van der Waals surface area contributed by atoms with Crippen LogP contribution in [0.25, 0.3) is 0 Å². The second-order valence-corrected chi connectivity index (χ2v) is 4.30. The molecule has 1 N–H and O–H groups in total. The molecule has 73 valence electrons. The van der Waals surface area contributed by atoms with E-state index in [1.54, 1.807) is 0 Å². The minimum absolute atomic E-state index is 0.207. The van der Waals surface area contributed by atoms with Gasteiger partial charge in [0.05, 0.1) is 1.28 Å². The lowest BCUT2D eigenvalue weighted by atomic mass is 10.1. The third-order valence-electron chi connectivity index (χ3n) is 1.69. The van der Waals surface area contributed by atoms with Crippen molar-refractivity contribution in [2.45, 2.75) is 31.8 Å². The first-order chi connectivity index (χ1) is 7.04. The molecule has 1 saturated heterocycles. The molecule has 0 aromatic rings. The molecule has 1 rings (SSSR count). The minimum atomic E-state index is -1.41. The highest BCUT2D eigenvalue weighted by molar-refractivity contribution is 8.53. The summed E-state index contributed by atoms with van der Waals surface area (Å²) in [6, 6.07) is 0. The summed E-state index contributed by atoms with van der Waals surface area (Å²) in [6.45, 7) is 1.36. The number of ketones is 1. The normalized spacial score (nSPS) is 37.8. The zero-order chi connectivity index (χ0) is 11.4. The minimum Gasteiger partial charge on any atom is -0.368 e. The molecular formula is C6H11BO4PS. The number of aliphatic hydroxyl groups is 1. The van der Waals surface area contributed by atoms with Crippen molar-refractivity contribution >= 4 is 32.6 Å². The highest BCUT2D eigenvalue weighted by Crippen LogP contribution is 2.32. The van der Waals surface area contributed by atoms with Gasteiger partial charge >= 0.3 is 0 Å². The maximum absolute atomic E-state index is 11.1. The Kier molecular flexibility index (Phi) is 3.55. The summed E-state index contributed by atoms with van der Waals surface area (Å²) in [6.07, 6.45) is -2.06. The van der Waals surface area contributed by atoms with Crippen molar-refractivity contribution < 1.29 is 18.8 Å². The molecule has 7 heteroatoms. The Hall–Kier alpha value is 0.395. The Morgan fingerprint density at radius 2 is 2.92 bits per heavy atom. The van der Waals surface area contributed by atoms with Gasteiger partial charge in [-0.05, 0) is 8.26 Å². The van der Waals surface area contributed by atoms with Gasteiger partial charge in [0.25, 0.3) is 0 Å². The molecule has 13 heavy (non-hydrogen) atoms. The lowest BCUT2D eigenvalue weighted by molar-refractivity contribution is -0.141. The number of aliphatic hydroxyl groups excluding tert-OH is 1. The molecule has 1 radical (unpaired) electrons. The van der Waals surface area contributed by atoms with Gasteiger partial charge in [-0.1, -0.05) is 7.61 Å². The molecule has 0 amide bonds. The lowest BCUT2D eigenvalue weighted by Gasteiger charge is -2.13. The predicted molar refractivity (Wildman–Crippen MR) is 54.1 cm³/mol. The molecule has 1 heterocycles. The molecule has 2 unspecified atom stereocenters.